The van der Waals surface area contributed by atoms with Gasteiger partial charge in [-0.1, -0.05) is 25.8 Å². The first kappa shape index (κ1) is 15.8. The fourth-order valence-corrected chi connectivity index (χ4v) is 2.15. The SMILES string of the molecule is CCNCCCCCCc1ccc(OC)cc1OC. The van der Waals surface area contributed by atoms with Crippen LogP contribution in [0.4, 0.5) is 0 Å². The average molecular weight is 265 g/mol. The Bertz CT molecular complexity index is 353. The summed E-state index contributed by atoms with van der Waals surface area (Å²) in [5.74, 6) is 1.79. The van der Waals surface area contributed by atoms with Crippen LogP contribution in [0.2, 0.25) is 0 Å². The molecule has 0 aromatic heterocycles. The molecule has 0 bridgehead atoms. The largest absolute Gasteiger partial charge is 0.497 e. The van der Waals surface area contributed by atoms with Crippen molar-refractivity contribution in [2.24, 2.45) is 0 Å². The average Bonchev–Trinajstić information content (AvgIpc) is 2.46. The van der Waals surface area contributed by atoms with Crippen molar-refractivity contribution in [3.8, 4) is 11.5 Å². The van der Waals surface area contributed by atoms with E-state index in [1.165, 1.54) is 31.2 Å². The number of rotatable bonds is 10. The first-order chi connectivity index (χ1) is 9.31. The smallest absolute Gasteiger partial charge is 0.125 e. The van der Waals surface area contributed by atoms with Gasteiger partial charge in [0, 0.05) is 6.07 Å². The zero-order chi connectivity index (χ0) is 13.9. The monoisotopic (exact) mass is 265 g/mol. The van der Waals surface area contributed by atoms with E-state index < -0.39 is 0 Å². The zero-order valence-corrected chi connectivity index (χ0v) is 12.5. The lowest BCUT2D eigenvalue weighted by atomic mass is 10.0. The number of unbranched alkanes of at least 4 members (excludes halogenated alkanes) is 3. The van der Waals surface area contributed by atoms with Gasteiger partial charge in [-0.25, -0.2) is 0 Å². The van der Waals surface area contributed by atoms with E-state index >= 15 is 0 Å². The predicted octanol–water partition coefficient (Wildman–Crippen LogP) is 3.42. The molecule has 0 amide bonds. The summed E-state index contributed by atoms with van der Waals surface area (Å²) in [5, 5.41) is 3.35. The molecule has 0 atom stereocenters. The van der Waals surface area contributed by atoms with E-state index in [1.807, 2.05) is 12.1 Å². The summed E-state index contributed by atoms with van der Waals surface area (Å²) in [7, 11) is 3.40. The lowest BCUT2D eigenvalue weighted by molar-refractivity contribution is 0.390. The topological polar surface area (TPSA) is 30.5 Å². The van der Waals surface area contributed by atoms with Crippen molar-refractivity contribution in [3.05, 3.63) is 23.8 Å². The molecule has 0 aliphatic heterocycles. The Hall–Kier alpha value is -1.22. The Morgan fingerprint density at radius 2 is 1.79 bits per heavy atom. The van der Waals surface area contributed by atoms with Gasteiger partial charge < -0.3 is 14.8 Å². The maximum Gasteiger partial charge on any atom is 0.125 e. The van der Waals surface area contributed by atoms with Gasteiger partial charge in [0.25, 0.3) is 0 Å². The molecule has 0 spiro atoms. The lowest BCUT2D eigenvalue weighted by Crippen LogP contribution is -2.13. The van der Waals surface area contributed by atoms with Gasteiger partial charge in [-0.15, -0.1) is 0 Å². The van der Waals surface area contributed by atoms with Crippen LogP contribution in [-0.4, -0.2) is 27.3 Å². The molecule has 1 aromatic carbocycles. The number of benzene rings is 1. The van der Waals surface area contributed by atoms with Gasteiger partial charge in [-0.2, -0.15) is 0 Å². The van der Waals surface area contributed by atoms with Crippen molar-refractivity contribution in [1.29, 1.82) is 0 Å². The van der Waals surface area contributed by atoms with E-state index in [-0.39, 0.29) is 0 Å². The summed E-state index contributed by atoms with van der Waals surface area (Å²) in [4.78, 5) is 0. The quantitative estimate of drug-likeness (QED) is 0.658. The third-order valence-electron chi connectivity index (χ3n) is 3.29. The van der Waals surface area contributed by atoms with E-state index in [2.05, 4.69) is 18.3 Å². The van der Waals surface area contributed by atoms with Crippen LogP contribution in [0.25, 0.3) is 0 Å². The van der Waals surface area contributed by atoms with Gasteiger partial charge in [-0.3, -0.25) is 0 Å². The second kappa shape index (κ2) is 9.68. The minimum atomic E-state index is 0.853. The molecule has 0 heterocycles. The first-order valence-electron chi connectivity index (χ1n) is 7.23. The molecule has 3 heteroatoms. The Morgan fingerprint density at radius 3 is 2.47 bits per heavy atom. The molecule has 0 unspecified atom stereocenters. The molecular formula is C16H27NO2. The highest BCUT2D eigenvalue weighted by Crippen LogP contribution is 2.26. The van der Waals surface area contributed by atoms with Crippen LogP contribution >= 0.6 is 0 Å². The normalized spacial score (nSPS) is 10.5. The Labute approximate surface area is 117 Å². The van der Waals surface area contributed by atoms with Crippen molar-refractivity contribution in [3.63, 3.8) is 0 Å². The standard InChI is InChI=1S/C16H27NO2/c1-4-17-12-8-6-5-7-9-14-10-11-15(18-2)13-16(14)19-3/h10-11,13,17H,4-9,12H2,1-3H3. The Balaban J connectivity index is 2.28. The molecule has 3 nitrogen and oxygen atoms in total. The van der Waals surface area contributed by atoms with Crippen LogP contribution in [0.1, 0.15) is 38.2 Å². The summed E-state index contributed by atoms with van der Waals surface area (Å²) in [5.41, 5.74) is 1.27. The molecule has 108 valence electrons. The number of nitrogens with one attached hydrogen (secondary N) is 1. The van der Waals surface area contributed by atoms with Crippen LogP contribution in [0.5, 0.6) is 11.5 Å². The number of ether oxygens (including phenoxy) is 2. The number of hydrogen-bond donors (Lipinski definition) is 1. The van der Waals surface area contributed by atoms with Gasteiger partial charge >= 0.3 is 0 Å². The summed E-state index contributed by atoms with van der Waals surface area (Å²) in [6, 6.07) is 6.07. The highest BCUT2D eigenvalue weighted by molar-refractivity contribution is 5.40. The number of methoxy groups -OCH3 is 2. The second-order valence-corrected chi connectivity index (χ2v) is 4.70. The molecule has 0 fully saturated rings. The van der Waals surface area contributed by atoms with Crippen LogP contribution in [0.3, 0.4) is 0 Å². The van der Waals surface area contributed by atoms with Crippen molar-refractivity contribution >= 4 is 0 Å². The molecule has 0 saturated carbocycles. The third kappa shape index (κ3) is 5.97. The van der Waals surface area contributed by atoms with Crippen LogP contribution in [0.15, 0.2) is 18.2 Å². The second-order valence-electron chi connectivity index (χ2n) is 4.70. The lowest BCUT2D eigenvalue weighted by Gasteiger charge is -2.10. The minimum Gasteiger partial charge on any atom is -0.497 e. The van der Waals surface area contributed by atoms with E-state index in [1.54, 1.807) is 14.2 Å². The first-order valence-corrected chi connectivity index (χ1v) is 7.23. The Morgan fingerprint density at radius 1 is 1.00 bits per heavy atom. The van der Waals surface area contributed by atoms with Gasteiger partial charge in [0.05, 0.1) is 14.2 Å². The molecule has 1 aromatic rings. The van der Waals surface area contributed by atoms with E-state index in [0.29, 0.717) is 0 Å². The third-order valence-corrected chi connectivity index (χ3v) is 3.29. The fraction of sp³-hybridized carbons (Fsp3) is 0.625. The van der Waals surface area contributed by atoms with Crippen molar-refractivity contribution in [2.75, 3.05) is 27.3 Å². The summed E-state index contributed by atoms with van der Waals surface area (Å²) >= 11 is 0. The van der Waals surface area contributed by atoms with Crippen LogP contribution in [0, 0.1) is 0 Å². The van der Waals surface area contributed by atoms with Crippen LogP contribution in [-0.2, 0) is 6.42 Å². The number of aryl methyl sites for hydroxylation is 1. The van der Waals surface area contributed by atoms with Gasteiger partial charge in [0.1, 0.15) is 11.5 Å². The van der Waals surface area contributed by atoms with Gasteiger partial charge in [-0.05, 0) is 44.0 Å². The van der Waals surface area contributed by atoms with Gasteiger partial charge in [0.2, 0.25) is 0 Å². The molecule has 0 aliphatic carbocycles. The summed E-state index contributed by atoms with van der Waals surface area (Å²) < 4.78 is 10.6. The van der Waals surface area contributed by atoms with Crippen LogP contribution < -0.4 is 14.8 Å². The fourth-order valence-electron chi connectivity index (χ4n) is 2.15. The highest BCUT2D eigenvalue weighted by Gasteiger charge is 2.04. The molecule has 0 saturated heterocycles. The van der Waals surface area contributed by atoms with Gasteiger partial charge in [0.15, 0.2) is 0 Å². The maximum absolute atomic E-state index is 5.41. The zero-order valence-electron chi connectivity index (χ0n) is 12.5. The maximum atomic E-state index is 5.41. The number of hydrogen-bond acceptors (Lipinski definition) is 3. The molecule has 19 heavy (non-hydrogen) atoms. The van der Waals surface area contributed by atoms with Crippen molar-refractivity contribution in [1.82, 2.24) is 5.32 Å². The molecular weight excluding hydrogens is 238 g/mol. The summed E-state index contributed by atoms with van der Waals surface area (Å²) in [6.45, 7) is 4.36. The molecule has 0 aliphatic rings. The van der Waals surface area contributed by atoms with Crippen molar-refractivity contribution in [2.45, 2.75) is 39.0 Å². The van der Waals surface area contributed by atoms with Crippen molar-refractivity contribution < 1.29 is 9.47 Å². The Kier molecular flexibility index (Phi) is 8.07. The molecule has 1 N–H and O–H groups in total. The molecule has 0 radical (unpaired) electrons. The predicted molar refractivity (Wildman–Crippen MR) is 80.3 cm³/mol. The van der Waals surface area contributed by atoms with E-state index in [4.69, 9.17) is 9.47 Å². The minimum absolute atomic E-state index is 0.853. The molecule has 1 rings (SSSR count). The highest BCUT2D eigenvalue weighted by atomic mass is 16.5. The van der Waals surface area contributed by atoms with E-state index in [0.717, 1.165) is 31.0 Å². The van der Waals surface area contributed by atoms with E-state index in [9.17, 15) is 0 Å². The summed E-state index contributed by atoms with van der Waals surface area (Å²) in [6.07, 6.45) is 6.14.